The molecular formula is C14H21ClN6S. The maximum atomic E-state index is 6.20. The predicted octanol–water partition coefficient (Wildman–Crippen LogP) is 2.36. The van der Waals surface area contributed by atoms with Gasteiger partial charge in [0.05, 0.1) is 0 Å². The molecule has 22 heavy (non-hydrogen) atoms. The third kappa shape index (κ3) is 2.78. The Hall–Kier alpha value is -1.02. The van der Waals surface area contributed by atoms with Gasteiger partial charge in [0.15, 0.2) is 5.82 Å². The van der Waals surface area contributed by atoms with Crippen molar-refractivity contribution in [1.29, 1.82) is 0 Å². The number of aryl methyl sites for hydroxylation is 1. The quantitative estimate of drug-likeness (QED) is 0.843. The summed E-state index contributed by atoms with van der Waals surface area (Å²) in [6.45, 7) is 9.33. The van der Waals surface area contributed by atoms with Gasteiger partial charge in [0.2, 0.25) is 0 Å². The molecule has 0 aliphatic carbocycles. The first kappa shape index (κ1) is 15.9. The first-order chi connectivity index (χ1) is 10.5. The molecule has 2 aromatic heterocycles. The second kappa shape index (κ2) is 6.23. The van der Waals surface area contributed by atoms with Crippen LogP contribution in [0.1, 0.15) is 19.4 Å². The van der Waals surface area contributed by atoms with Crippen LogP contribution in [0.2, 0.25) is 5.15 Å². The Morgan fingerprint density at radius 1 is 1.50 bits per heavy atom. The Morgan fingerprint density at radius 2 is 2.23 bits per heavy atom. The van der Waals surface area contributed by atoms with Crippen LogP contribution in [0.4, 0.5) is 5.82 Å². The van der Waals surface area contributed by atoms with Crippen molar-refractivity contribution in [1.82, 2.24) is 18.9 Å². The monoisotopic (exact) mass is 340 g/mol. The topological polar surface area (TPSA) is 62.7 Å². The minimum Gasteiger partial charge on any atom is -0.354 e. The van der Waals surface area contributed by atoms with Crippen molar-refractivity contribution < 1.29 is 0 Å². The Kier molecular flexibility index (Phi) is 4.49. The summed E-state index contributed by atoms with van der Waals surface area (Å²) in [5, 5.41) is 10.6. The molecule has 0 spiro atoms. The first-order valence-electron chi connectivity index (χ1n) is 7.38. The number of nitrogens with zero attached hydrogens (tertiary/aromatic N) is 5. The maximum Gasteiger partial charge on any atom is 0.156 e. The number of halogens is 1. The Morgan fingerprint density at radius 3 is 2.86 bits per heavy atom. The zero-order valence-corrected chi connectivity index (χ0v) is 14.6. The van der Waals surface area contributed by atoms with E-state index in [1.807, 2.05) is 13.0 Å². The number of hydrogen-bond acceptors (Lipinski definition) is 6. The van der Waals surface area contributed by atoms with E-state index in [9.17, 15) is 0 Å². The highest BCUT2D eigenvalue weighted by atomic mass is 35.5. The molecular weight excluding hydrogens is 320 g/mol. The summed E-state index contributed by atoms with van der Waals surface area (Å²) in [5.41, 5.74) is 2.10. The van der Waals surface area contributed by atoms with Crippen molar-refractivity contribution in [3.8, 4) is 0 Å². The molecule has 0 unspecified atom stereocenters. The lowest BCUT2D eigenvalue weighted by atomic mass is 9.99. The van der Waals surface area contributed by atoms with Crippen LogP contribution in [0.25, 0.3) is 5.52 Å². The molecule has 0 saturated carbocycles. The Balaban J connectivity index is 1.73. The van der Waals surface area contributed by atoms with Gasteiger partial charge in [-0.25, -0.2) is 13.8 Å². The predicted molar refractivity (Wildman–Crippen MR) is 92.1 cm³/mol. The molecule has 0 amide bonds. The van der Waals surface area contributed by atoms with E-state index < -0.39 is 0 Å². The highest BCUT2D eigenvalue weighted by Crippen LogP contribution is 2.31. The highest BCUT2D eigenvalue weighted by molar-refractivity contribution is 7.94. The van der Waals surface area contributed by atoms with Crippen molar-refractivity contribution in [2.75, 3.05) is 24.5 Å². The van der Waals surface area contributed by atoms with Crippen LogP contribution in [-0.4, -0.2) is 44.6 Å². The zero-order valence-electron chi connectivity index (χ0n) is 13.0. The number of nitrogens with two attached hydrogens (primary N) is 1. The molecule has 0 bridgehead atoms. The second-order valence-electron chi connectivity index (χ2n) is 6.06. The van der Waals surface area contributed by atoms with E-state index in [-0.39, 0.29) is 0 Å². The minimum atomic E-state index is 0.446. The van der Waals surface area contributed by atoms with E-state index in [0.29, 0.717) is 17.1 Å². The first-order valence-corrected chi connectivity index (χ1v) is 8.60. The van der Waals surface area contributed by atoms with E-state index in [1.165, 1.54) is 12.1 Å². The molecule has 3 heterocycles. The maximum absolute atomic E-state index is 6.20. The summed E-state index contributed by atoms with van der Waals surface area (Å²) in [6.07, 6.45) is 1.57. The average Bonchev–Trinajstić information content (AvgIpc) is 2.73. The minimum absolute atomic E-state index is 0.446. The molecule has 0 aromatic carbocycles. The lowest BCUT2D eigenvalue weighted by molar-refractivity contribution is 0.287. The van der Waals surface area contributed by atoms with Crippen molar-refractivity contribution in [3.05, 3.63) is 23.1 Å². The van der Waals surface area contributed by atoms with Gasteiger partial charge in [-0.3, -0.25) is 5.14 Å². The third-order valence-electron chi connectivity index (χ3n) is 4.09. The van der Waals surface area contributed by atoms with Gasteiger partial charge in [0.25, 0.3) is 0 Å². The van der Waals surface area contributed by atoms with E-state index in [2.05, 4.69) is 33.1 Å². The molecule has 6 nitrogen and oxygen atoms in total. The van der Waals surface area contributed by atoms with Crippen molar-refractivity contribution in [2.24, 2.45) is 11.1 Å². The van der Waals surface area contributed by atoms with Gasteiger partial charge < -0.3 is 4.90 Å². The van der Waals surface area contributed by atoms with Gasteiger partial charge >= 0.3 is 0 Å². The van der Waals surface area contributed by atoms with Crippen molar-refractivity contribution in [3.63, 3.8) is 0 Å². The summed E-state index contributed by atoms with van der Waals surface area (Å²) >= 11 is 7.53. The summed E-state index contributed by atoms with van der Waals surface area (Å²) in [5.74, 6) is 1.58. The van der Waals surface area contributed by atoms with E-state index in [0.717, 1.165) is 36.5 Å². The number of anilines is 1. The van der Waals surface area contributed by atoms with Crippen LogP contribution in [0, 0.1) is 12.8 Å². The highest BCUT2D eigenvalue weighted by Gasteiger charge is 2.31. The lowest BCUT2D eigenvalue weighted by Crippen LogP contribution is -2.52. The fraction of sp³-hybridized carbons (Fsp3) is 0.571. The third-order valence-corrected chi connectivity index (χ3v) is 5.20. The van der Waals surface area contributed by atoms with Crippen LogP contribution in [-0.2, 0) is 0 Å². The Labute approximate surface area is 139 Å². The lowest BCUT2D eigenvalue weighted by Gasteiger charge is -2.42. The van der Waals surface area contributed by atoms with Crippen LogP contribution in [0.5, 0.6) is 0 Å². The number of rotatable bonds is 5. The summed E-state index contributed by atoms with van der Waals surface area (Å²) in [7, 11) is 0. The number of fused-ring (bicyclic) bond motifs is 1. The molecule has 3 rings (SSSR count). The number of aromatic nitrogens is 3. The molecule has 1 fully saturated rings. The number of hydrogen-bond donors (Lipinski definition) is 1. The second-order valence-corrected chi connectivity index (χ2v) is 7.13. The fourth-order valence-electron chi connectivity index (χ4n) is 2.88. The van der Waals surface area contributed by atoms with Gasteiger partial charge in [-0.1, -0.05) is 11.6 Å². The smallest absolute Gasteiger partial charge is 0.156 e. The van der Waals surface area contributed by atoms with Gasteiger partial charge in [0, 0.05) is 43.7 Å². The van der Waals surface area contributed by atoms with Gasteiger partial charge in [-0.05, 0) is 32.4 Å². The van der Waals surface area contributed by atoms with Crippen molar-refractivity contribution >= 4 is 35.1 Å². The summed E-state index contributed by atoms with van der Waals surface area (Å²) in [4.78, 5) is 6.75. The largest absolute Gasteiger partial charge is 0.354 e. The zero-order chi connectivity index (χ0) is 15.9. The molecule has 1 saturated heterocycles. The average molecular weight is 341 g/mol. The van der Waals surface area contributed by atoms with Crippen molar-refractivity contribution in [2.45, 2.75) is 26.8 Å². The van der Waals surface area contributed by atoms with Crippen LogP contribution in [0.15, 0.2) is 12.4 Å². The molecule has 1 aliphatic rings. The molecule has 2 aromatic rings. The molecule has 0 atom stereocenters. The standard InChI is InChI=1S/C14H21ClN6S/c1-9(2)20(22-16)7-11-5-19(6-11)14-13-10(3)4-12(15)21(13)18-8-17-14/h4,8-9,11H,5-7,16H2,1-3H3. The van der Waals surface area contributed by atoms with Gasteiger partial charge in [-0.15, -0.1) is 0 Å². The van der Waals surface area contributed by atoms with Crippen LogP contribution >= 0.6 is 23.7 Å². The summed E-state index contributed by atoms with van der Waals surface area (Å²) in [6, 6.07) is 2.37. The molecule has 1 aliphatic heterocycles. The molecule has 8 heteroatoms. The van der Waals surface area contributed by atoms with Crippen LogP contribution < -0.4 is 10.0 Å². The fourth-order valence-corrected chi connectivity index (χ4v) is 3.71. The van der Waals surface area contributed by atoms with Gasteiger partial charge in [-0.2, -0.15) is 5.10 Å². The SMILES string of the molecule is Cc1cc(Cl)n2ncnc(N3CC(CN(SN)C(C)C)C3)c12. The molecule has 0 radical (unpaired) electrons. The summed E-state index contributed by atoms with van der Waals surface area (Å²) < 4.78 is 3.97. The normalized spacial score (nSPS) is 16.0. The van der Waals surface area contributed by atoms with E-state index in [1.54, 1.807) is 10.8 Å². The van der Waals surface area contributed by atoms with Crippen LogP contribution in [0.3, 0.4) is 0 Å². The molecule has 2 N–H and O–H groups in total. The van der Waals surface area contributed by atoms with E-state index in [4.69, 9.17) is 16.7 Å². The van der Waals surface area contributed by atoms with E-state index >= 15 is 0 Å². The Bertz CT molecular complexity index is 667. The van der Waals surface area contributed by atoms with Gasteiger partial charge in [0.1, 0.15) is 17.0 Å². The molecule has 120 valence electrons.